The monoisotopic (exact) mass is 266 g/mol. The van der Waals surface area contributed by atoms with E-state index >= 15 is 0 Å². The highest BCUT2D eigenvalue weighted by atomic mass is 32.2. The summed E-state index contributed by atoms with van der Waals surface area (Å²) in [5.74, 6) is 0.531. The van der Waals surface area contributed by atoms with Gasteiger partial charge in [0, 0.05) is 18.0 Å². The summed E-state index contributed by atoms with van der Waals surface area (Å²) in [6, 6.07) is 8.88. The number of hydrogen-bond donors (Lipinski definition) is 2. The van der Waals surface area contributed by atoms with Crippen LogP contribution in [0.3, 0.4) is 0 Å². The van der Waals surface area contributed by atoms with E-state index in [1.54, 1.807) is 18.8 Å². The zero-order chi connectivity index (χ0) is 13.4. The van der Waals surface area contributed by atoms with Crippen LogP contribution in [0.5, 0.6) is 0 Å². The molecule has 1 aromatic carbocycles. The van der Waals surface area contributed by atoms with E-state index in [0.717, 1.165) is 17.9 Å². The van der Waals surface area contributed by atoms with Crippen LogP contribution in [-0.2, 0) is 4.79 Å². The zero-order valence-corrected chi connectivity index (χ0v) is 12.1. The lowest BCUT2D eigenvalue weighted by Gasteiger charge is -2.16. The topological polar surface area (TPSA) is 41.1 Å². The molecular weight excluding hydrogens is 244 g/mol. The molecule has 1 amide bonds. The highest BCUT2D eigenvalue weighted by Crippen LogP contribution is 2.22. The molecule has 0 aromatic heterocycles. The number of nitrogens with one attached hydrogen (secondary N) is 2. The van der Waals surface area contributed by atoms with Crippen LogP contribution in [0, 0.1) is 0 Å². The van der Waals surface area contributed by atoms with E-state index in [-0.39, 0.29) is 5.91 Å². The molecule has 0 spiro atoms. The van der Waals surface area contributed by atoms with Crippen molar-refractivity contribution >= 4 is 17.7 Å². The van der Waals surface area contributed by atoms with Gasteiger partial charge in [-0.1, -0.05) is 26.0 Å². The van der Waals surface area contributed by atoms with Crippen molar-refractivity contribution in [1.82, 2.24) is 10.6 Å². The Morgan fingerprint density at radius 3 is 2.44 bits per heavy atom. The average Bonchev–Trinajstić information content (AvgIpc) is 2.42. The number of thioether (sulfide) groups is 1. The molecule has 1 rings (SSSR count). The quantitative estimate of drug-likeness (QED) is 0.745. The number of rotatable bonds is 7. The van der Waals surface area contributed by atoms with Crippen molar-refractivity contribution in [3.63, 3.8) is 0 Å². The molecule has 18 heavy (non-hydrogen) atoms. The summed E-state index contributed by atoms with van der Waals surface area (Å²) in [5, 5.41) is 6.08. The average molecular weight is 266 g/mol. The molecule has 1 aromatic rings. The Bertz CT molecular complexity index is 365. The minimum absolute atomic E-state index is 0.0585. The Morgan fingerprint density at radius 2 is 1.94 bits per heavy atom. The number of carbonyl (C=O) groups excluding carboxylic acids is 1. The van der Waals surface area contributed by atoms with Gasteiger partial charge in [0.05, 0.1) is 5.75 Å². The first-order valence-corrected chi connectivity index (χ1v) is 7.36. The molecular formula is C14H22N2OS. The summed E-state index contributed by atoms with van der Waals surface area (Å²) < 4.78 is 0. The van der Waals surface area contributed by atoms with E-state index in [9.17, 15) is 4.79 Å². The van der Waals surface area contributed by atoms with Gasteiger partial charge in [-0.3, -0.25) is 4.79 Å². The lowest BCUT2D eigenvalue weighted by molar-refractivity contribution is -0.118. The van der Waals surface area contributed by atoms with Crippen molar-refractivity contribution in [2.75, 3.05) is 19.3 Å². The van der Waals surface area contributed by atoms with Gasteiger partial charge in [-0.15, -0.1) is 11.8 Å². The molecule has 2 N–H and O–H groups in total. The second-order valence-electron chi connectivity index (χ2n) is 4.05. The highest BCUT2D eigenvalue weighted by Gasteiger charge is 2.07. The molecule has 0 bridgehead atoms. The van der Waals surface area contributed by atoms with Gasteiger partial charge >= 0.3 is 0 Å². The van der Waals surface area contributed by atoms with Gasteiger partial charge in [0.2, 0.25) is 5.91 Å². The maximum Gasteiger partial charge on any atom is 0.230 e. The van der Waals surface area contributed by atoms with Crippen molar-refractivity contribution < 1.29 is 4.79 Å². The Kier molecular flexibility index (Phi) is 6.83. The van der Waals surface area contributed by atoms with E-state index in [0.29, 0.717) is 11.8 Å². The fourth-order valence-corrected chi connectivity index (χ4v) is 2.53. The molecule has 1 atom stereocenters. The third kappa shape index (κ3) is 4.70. The third-order valence-electron chi connectivity index (χ3n) is 2.79. The van der Waals surface area contributed by atoms with Crippen LogP contribution >= 0.6 is 11.8 Å². The first-order valence-electron chi connectivity index (χ1n) is 6.38. The minimum atomic E-state index is 0.0585. The molecule has 0 aliphatic carbocycles. The Labute approximate surface area is 114 Å². The SMILES string of the molecule is CCNC(CC)c1ccc(SCC(=O)NC)cc1. The molecule has 0 fully saturated rings. The molecule has 0 saturated heterocycles. The second kappa shape index (κ2) is 8.16. The normalized spacial score (nSPS) is 12.2. The number of hydrogen-bond acceptors (Lipinski definition) is 3. The number of carbonyl (C=O) groups is 1. The lowest BCUT2D eigenvalue weighted by atomic mass is 10.1. The summed E-state index contributed by atoms with van der Waals surface area (Å²) in [5.41, 5.74) is 1.31. The van der Waals surface area contributed by atoms with Gasteiger partial charge in [-0.25, -0.2) is 0 Å². The summed E-state index contributed by atoms with van der Waals surface area (Å²) in [6.07, 6.45) is 1.08. The Balaban J connectivity index is 2.58. The smallest absolute Gasteiger partial charge is 0.230 e. The van der Waals surface area contributed by atoms with Crippen LogP contribution in [0.2, 0.25) is 0 Å². The molecule has 3 nitrogen and oxygen atoms in total. The van der Waals surface area contributed by atoms with Crippen molar-refractivity contribution in [1.29, 1.82) is 0 Å². The van der Waals surface area contributed by atoms with Gasteiger partial charge in [-0.05, 0) is 30.7 Å². The standard InChI is InChI=1S/C14H22N2OS/c1-4-13(16-5-2)11-6-8-12(9-7-11)18-10-14(17)15-3/h6-9,13,16H,4-5,10H2,1-3H3,(H,15,17). The molecule has 4 heteroatoms. The summed E-state index contributed by atoms with van der Waals surface area (Å²) >= 11 is 1.56. The Morgan fingerprint density at radius 1 is 1.28 bits per heavy atom. The molecule has 0 heterocycles. The van der Waals surface area contributed by atoms with Crippen molar-refractivity contribution in [2.45, 2.75) is 31.2 Å². The van der Waals surface area contributed by atoms with Gasteiger partial charge in [-0.2, -0.15) is 0 Å². The van der Waals surface area contributed by atoms with Gasteiger partial charge in [0.1, 0.15) is 0 Å². The zero-order valence-electron chi connectivity index (χ0n) is 11.3. The molecule has 0 radical (unpaired) electrons. The predicted octanol–water partition coefficient (Wildman–Crippen LogP) is 2.59. The molecule has 100 valence electrons. The summed E-state index contributed by atoms with van der Waals surface area (Å²) in [6.45, 7) is 5.28. The molecule has 0 aliphatic rings. The predicted molar refractivity (Wildman–Crippen MR) is 77.9 cm³/mol. The van der Waals surface area contributed by atoms with E-state index in [4.69, 9.17) is 0 Å². The highest BCUT2D eigenvalue weighted by molar-refractivity contribution is 8.00. The van der Waals surface area contributed by atoms with Crippen molar-refractivity contribution in [3.05, 3.63) is 29.8 Å². The third-order valence-corrected chi connectivity index (χ3v) is 3.80. The van der Waals surface area contributed by atoms with E-state index in [1.807, 2.05) is 0 Å². The maximum absolute atomic E-state index is 11.1. The van der Waals surface area contributed by atoms with Gasteiger partial charge in [0.15, 0.2) is 0 Å². The molecule has 1 unspecified atom stereocenters. The first-order chi connectivity index (χ1) is 8.71. The van der Waals surface area contributed by atoms with Gasteiger partial charge < -0.3 is 10.6 Å². The summed E-state index contributed by atoms with van der Waals surface area (Å²) in [4.78, 5) is 12.3. The fraction of sp³-hybridized carbons (Fsp3) is 0.500. The first kappa shape index (κ1) is 15.1. The van der Waals surface area contributed by atoms with E-state index < -0.39 is 0 Å². The van der Waals surface area contributed by atoms with Crippen LogP contribution < -0.4 is 10.6 Å². The minimum Gasteiger partial charge on any atom is -0.358 e. The Hall–Kier alpha value is -1.00. The fourth-order valence-electron chi connectivity index (χ4n) is 1.76. The van der Waals surface area contributed by atoms with Crippen LogP contribution in [0.15, 0.2) is 29.2 Å². The van der Waals surface area contributed by atoms with Crippen LogP contribution in [-0.4, -0.2) is 25.3 Å². The van der Waals surface area contributed by atoms with Crippen molar-refractivity contribution in [2.24, 2.45) is 0 Å². The van der Waals surface area contributed by atoms with Crippen LogP contribution in [0.25, 0.3) is 0 Å². The number of amides is 1. The largest absolute Gasteiger partial charge is 0.358 e. The maximum atomic E-state index is 11.1. The van der Waals surface area contributed by atoms with Crippen LogP contribution in [0.4, 0.5) is 0 Å². The lowest BCUT2D eigenvalue weighted by Crippen LogP contribution is -2.20. The molecule has 0 saturated carbocycles. The van der Waals surface area contributed by atoms with Gasteiger partial charge in [0.25, 0.3) is 0 Å². The summed E-state index contributed by atoms with van der Waals surface area (Å²) in [7, 11) is 1.66. The second-order valence-corrected chi connectivity index (χ2v) is 5.10. The van der Waals surface area contributed by atoms with Crippen molar-refractivity contribution in [3.8, 4) is 0 Å². The van der Waals surface area contributed by atoms with Crippen LogP contribution in [0.1, 0.15) is 31.9 Å². The number of benzene rings is 1. The molecule has 0 aliphatic heterocycles. The van der Waals surface area contributed by atoms with E-state index in [1.165, 1.54) is 5.56 Å². The van der Waals surface area contributed by atoms with E-state index in [2.05, 4.69) is 48.7 Å².